The Morgan fingerprint density at radius 3 is 2.19 bits per heavy atom. The first-order chi connectivity index (χ1) is 7.58. The minimum absolute atomic E-state index is 0.690. The number of aryl methyl sites for hydroxylation is 2. The predicted molar refractivity (Wildman–Crippen MR) is 63.9 cm³/mol. The van der Waals surface area contributed by atoms with Gasteiger partial charge in [-0.05, 0) is 32.4 Å². The summed E-state index contributed by atoms with van der Waals surface area (Å²) in [6.07, 6.45) is 0. The van der Waals surface area contributed by atoms with Crippen molar-refractivity contribution in [2.45, 2.75) is 20.8 Å². The summed E-state index contributed by atoms with van der Waals surface area (Å²) in [6.45, 7) is 5.69. The van der Waals surface area contributed by atoms with Crippen LogP contribution >= 0.6 is 0 Å². The van der Waals surface area contributed by atoms with Gasteiger partial charge >= 0.3 is 0 Å². The van der Waals surface area contributed by atoms with Crippen LogP contribution in [0.15, 0.2) is 18.2 Å². The quantitative estimate of drug-likeness (QED) is 0.738. The zero-order valence-corrected chi connectivity index (χ0v) is 9.65. The maximum absolute atomic E-state index is 5.86. The zero-order valence-electron chi connectivity index (χ0n) is 9.65. The fourth-order valence-corrected chi connectivity index (χ4v) is 1.63. The lowest BCUT2D eigenvalue weighted by molar-refractivity contribution is 0.927. The van der Waals surface area contributed by atoms with Gasteiger partial charge in [-0.25, -0.2) is 15.0 Å². The fraction of sp³-hybridized carbons (Fsp3) is 0.250. The highest BCUT2D eigenvalue weighted by atomic mass is 15.0. The number of hydrogen-bond acceptors (Lipinski definition) is 4. The van der Waals surface area contributed by atoms with E-state index in [0.717, 1.165) is 28.5 Å². The summed E-state index contributed by atoms with van der Waals surface area (Å²) in [7, 11) is 0. The standard InChI is InChI=1S/C12H14N4/c1-7-10(5-4-6-11(7)13)12-15-8(2)14-9(3)16-12/h4-6H,13H2,1-3H3. The Hall–Kier alpha value is -1.97. The average molecular weight is 214 g/mol. The lowest BCUT2D eigenvalue weighted by Gasteiger charge is -2.07. The molecule has 0 atom stereocenters. The summed E-state index contributed by atoms with van der Waals surface area (Å²) < 4.78 is 0. The topological polar surface area (TPSA) is 64.7 Å². The first-order valence-electron chi connectivity index (χ1n) is 5.12. The van der Waals surface area contributed by atoms with Gasteiger partial charge in [0.15, 0.2) is 5.82 Å². The van der Waals surface area contributed by atoms with Gasteiger partial charge in [-0.1, -0.05) is 12.1 Å². The van der Waals surface area contributed by atoms with E-state index in [1.54, 1.807) is 0 Å². The first-order valence-corrected chi connectivity index (χ1v) is 5.12. The van der Waals surface area contributed by atoms with Crippen LogP contribution in [0.4, 0.5) is 5.69 Å². The molecule has 1 aromatic carbocycles. The summed E-state index contributed by atoms with van der Waals surface area (Å²) >= 11 is 0. The fourth-order valence-electron chi connectivity index (χ4n) is 1.63. The molecule has 0 radical (unpaired) electrons. The van der Waals surface area contributed by atoms with Crippen LogP contribution < -0.4 is 5.73 Å². The average Bonchev–Trinajstić information content (AvgIpc) is 2.20. The Morgan fingerprint density at radius 2 is 1.56 bits per heavy atom. The van der Waals surface area contributed by atoms with E-state index in [1.165, 1.54) is 0 Å². The van der Waals surface area contributed by atoms with Crippen molar-refractivity contribution >= 4 is 5.69 Å². The molecular formula is C12H14N4. The first kappa shape index (κ1) is 10.5. The highest BCUT2D eigenvalue weighted by Gasteiger charge is 2.08. The number of hydrogen-bond donors (Lipinski definition) is 1. The molecule has 4 heteroatoms. The second-order valence-electron chi connectivity index (χ2n) is 3.77. The molecule has 0 aliphatic carbocycles. The number of nitrogens with zero attached hydrogens (tertiary/aromatic N) is 3. The van der Waals surface area contributed by atoms with Crippen molar-refractivity contribution in [1.82, 2.24) is 15.0 Å². The summed E-state index contributed by atoms with van der Waals surface area (Å²) in [5.41, 5.74) is 8.59. The van der Waals surface area contributed by atoms with E-state index in [0.29, 0.717) is 5.82 Å². The number of rotatable bonds is 1. The van der Waals surface area contributed by atoms with Crippen molar-refractivity contribution in [2.75, 3.05) is 5.73 Å². The minimum Gasteiger partial charge on any atom is -0.398 e. The van der Waals surface area contributed by atoms with Crippen molar-refractivity contribution in [2.24, 2.45) is 0 Å². The highest BCUT2D eigenvalue weighted by Crippen LogP contribution is 2.23. The zero-order chi connectivity index (χ0) is 11.7. The molecule has 0 saturated carbocycles. The van der Waals surface area contributed by atoms with Gasteiger partial charge in [0.25, 0.3) is 0 Å². The Labute approximate surface area is 94.6 Å². The summed E-state index contributed by atoms with van der Waals surface area (Å²) in [5, 5.41) is 0. The number of aromatic nitrogens is 3. The van der Waals surface area contributed by atoms with Crippen molar-refractivity contribution < 1.29 is 0 Å². The molecular weight excluding hydrogens is 200 g/mol. The van der Waals surface area contributed by atoms with Gasteiger partial charge in [-0.15, -0.1) is 0 Å². The van der Waals surface area contributed by atoms with Crippen molar-refractivity contribution in [3.8, 4) is 11.4 Å². The van der Waals surface area contributed by atoms with Crippen LogP contribution in [0.2, 0.25) is 0 Å². The third-order valence-corrected chi connectivity index (χ3v) is 2.48. The molecule has 2 rings (SSSR count). The van der Waals surface area contributed by atoms with Crippen LogP contribution in [0.5, 0.6) is 0 Å². The van der Waals surface area contributed by atoms with Gasteiger partial charge in [0.1, 0.15) is 11.6 Å². The summed E-state index contributed by atoms with van der Waals surface area (Å²) in [5.74, 6) is 2.14. The van der Waals surface area contributed by atoms with Crippen LogP contribution in [-0.2, 0) is 0 Å². The monoisotopic (exact) mass is 214 g/mol. The van der Waals surface area contributed by atoms with Gasteiger partial charge in [-0.3, -0.25) is 0 Å². The third-order valence-electron chi connectivity index (χ3n) is 2.48. The number of benzene rings is 1. The molecule has 4 nitrogen and oxygen atoms in total. The van der Waals surface area contributed by atoms with E-state index in [-0.39, 0.29) is 0 Å². The van der Waals surface area contributed by atoms with Crippen LogP contribution in [-0.4, -0.2) is 15.0 Å². The Morgan fingerprint density at radius 1 is 0.938 bits per heavy atom. The Kier molecular flexibility index (Phi) is 2.56. The Balaban J connectivity index is 2.63. The number of nitrogen functional groups attached to an aromatic ring is 1. The Bertz CT molecular complexity index is 514. The normalized spacial score (nSPS) is 10.4. The molecule has 16 heavy (non-hydrogen) atoms. The van der Waals surface area contributed by atoms with Gasteiger partial charge < -0.3 is 5.73 Å². The smallest absolute Gasteiger partial charge is 0.163 e. The van der Waals surface area contributed by atoms with Crippen molar-refractivity contribution in [3.05, 3.63) is 35.4 Å². The lowest BCUT2D eigenvalue weighted by Crippen LogP contribution is -2.01. The van der Waals surface area contributed by atoms with Crippen molar-refractivity contribution in [3.63, 3.8) is 0 Å². The molecule has 0 unspecified atom stereocenters. The molecule has 0 fully saturated rings. The van der Waals surface area contributed by atoms with E-state index < -0.39 is 0 Å². The molecule has 0 spiro atoms. The molecule has 0 aliphatic heterocycles. The van der Waals surface area contributed by atoms with E-state index in [2.05, 4.69) is 15.0 Å². The van der Waals surface area contributed by atoms with Crippen LogP contribution in [0.25, 0.3) is 11.4 Å². The number of nitrogens with two attached hydrogens (primary N) is 1. The summed E-state index contributed by atoms with van der Waals surface area (Å²) in [6, 6.07) is 5.76. The molecule has 82 valence electrons. The SMILES string of the molecule is Cc1nc(C)nc(-c2cccc(N)c2C)n1. The highest BCUT2D eigenvalue weighted by molar-refractivity contribution is 5.67. The van der Waals surface area contributed by atoms with E-state index in [1.807, 2.05) is 39.0 Å². The van der Waals surface area contributed by atoms with Gasteiger partial charge in [0.2, 0.25) is 0 Å². The molecule has 1 aromatic heterocycles. The predicted octanol–water partition coefficient (Wildman–Crippen LogP) is 2.05. The van der Waals surface area contributed by atoms with Crippen LogP contribution in [0.3, 0.4) is 0 Å². The second kappa shape index (κ2) is 3.89. The van der Waals surface area contributed by atoms with Gasteiger partial charge in [-0.2, -0.15) is 0 Å². The molecule has 0 aliphatic rings. The molecule has 2 aromatic rings. The molecule has 1 heterocycles. The van der Waals surface area contributed by atoms with E-state index >= 15 is 0 Å². The number of anilines is 1. The molecule has 2 N–H and O–H groups in total. The third kappa shape index (κ3) is 1.86. The second-order valence-corrected chi connectivity index (χ2v) is 3.77. The van der Waals surface area contributed by atoms with Crippen LogP contribution in [0.1, 0.15) is 17.2 Å². The molecule has 0 bridgehead atoms. The molecule has 0 saturated heterocycles. The summed E-state index contributed by atoms with van der Waals surface area (Å²) in [4.78, 5) is 12.8. The molecule has 0 amide bonds. The van der Waals surface area contributed by atoms with E-state index in [4.69, 9.17) is 5.73 Å². The largest absolute Gasteiger partial charge is 0.398 e. The van der Waals surface area contributed by atoms with Gasteiger partial charge in [0, 0.05) is 11.3 Å². The maximum Gasteiger partial charge on any atom is 0.163 e. The minimum atomic E-state index is 0.690. The van der Waals surface area contributed by atoms with E-state index in [9.17, 15) is 0 Å². The van der Waals surface area contributed by atoms with Crippen LogP contribution in [0, 0.1) is 20.8 Å². The van der Waals surface area contributed by atoms with Crippen molar-refractivity contribution in [1.29, 1.82) is 0 Å². The lowest BCUT2D eigenvalue weighted by atomic mass is 10.1. The maximum atomic E-state index is 5.86. The van der Waals surface area contributed by atoms with Gasteiger partial charge in [0.05, 0.1) is 0 Å².